The molecule has 2 nitrogen and oxygen atoms in total. The molecule has 1 N–H and O–H groups in total. The summed E-state index contributed by atoms with van der Waals surface area (Å²) in [5, 5.41) is 5.48. The number of hydrogen-bond donors (Lipinski definition) is 1. The number of rotatable bonds is 8. The van der Waals surface area contributed by atoms with Crippen molar-refractivity contribution in [2.45, 2.75) is 26.3 Å². The van der Waals surface area contributed by atoms with Crippen molar-refractivity contribution in [3.8, 4) is 5.75 Å². The van der Waals surface area contributed by atoms with Gasteiger partial charge >= 0.3 is 0 Å². The van der Waals surface area contributed by atoms with Gasteiger partial charge in [-0.2, -0.15) is 0 Å². The molecule has 4 heteroatoms. The highest BCUT2D eigenvalue weighted by Gasteiger charge is 1.98. The molecule has 0 atom stereocenters. The largest absolute Gasteiger partial charge is 0.492 e. The summed E-state index contributed by atoms with van der Waals surface area (Å²) in [4.78, 5) is 1.33. The van der Waals surface area contributed by atoms with Crippen molar-refractivity contribution in [1.29, 1.82) is 0 Å². The standard InChI is InChI=1S/C16H20BrNOS/c1-2-3-13-4-6-15(7-5-13)19-9-8-18-11-16-10-14(17)12-20-16/h4-7,10,12,18H,2-3,8-9,11H2,1H3. The van der Waals surface area contributed by atoms with Crippen molar-refractivity contribution in [3.63, 3.8) is 0 Å². The first-order chi connectivity index (χ1) is 9.78. The average Bonchev–Trinajstić information content (AvgIpc) is 2.86. The molecule has 0 spiro atoms. The third-order valence-corrected chi connectivity index (χ3v) is 4.63. The van der Waals surface area contributed by atoms with Crippen molar-refractivity contribution in [2.24, 2.45) is 0 Å². The minimum Gasteiger partial charge on any atom is -0.492 e. The van der Waals surface area contributed by atoms with E-state index in [0.29, 0.717) is 6.61 Å². The van der Waals surface area contributed by atoms with E-state index >= 15 is 0 Å². The van der Waals surface area contributed by atoms with Gasteiger partial charge in [0, 0.05) is 27.8 Å². The Morgan fingerprint density at radius 2 is 2.05 bits per heavy atom. The van der Waals surface area contributed by atoms with E-state index in [2.05, 4.69) is 63.9 Å². The molecule has 2 rings (SSSR count). The Kier molecular flexibility index (Phi) is 6.57. The number of nitrogens with one attached hydrogen (secondary N) is 1. The van der Waals surface area contributed by atoms with E-state index in [1.54, 1.807) is 11.3 Å². The molecule has 108 valence electrons. The number of thiophene rings is 1. The van der Waals surface area contributed by atoms with Crippen molar-refractivity contribution >= 4 is 27.3 Å². The first kappa shape index (κ1) is 15.5. The summed E-state index contributed by atoms with van der Waals surface area (Å²) in [5.41, 5.74) is 1.38. The van der Waals surface area contributed by atoms with E-state index in [0.717, 1.165) is 29.7 Å². The molecule has 2 aromatic rings. The Labute approximate surface area is 133 Å². The molecule has 0 amide bonds. The van der Waals surface area contributed by atoms with Crippen molar-refractivity contribution < 1.29 is 4.74 Å². The van der Waals surface area contributed by atoms with Crippen LogP contribution in [0.2, 0.25) is 0 Å². The third kappa shape index (κ3) is 5.27. The minimum absolute atomic E-state index is 0.694. The molecule has 0 radical (unpaired) electrons. The second-order valence-electron chi connectivity index (χ2n) is 4.65. The maximum Gasteiger partial charge on any atom is 0.119 e. The van der Waals surface area contributed by atoms with Crippen LogP contribution in [0.3, 0.4) is 0 Å². The summed E-state index contributed by atoms with van der Waals surface area (Å²) >= 11 is 5.22. The van der Waals surface area contributed by atoms with E-state index in [1.807, 2.05) is 0 Å². The Morgan fingerprint density at radius 3 is 2.70 bits per heavy atom. The monoisotopic (exact) mass is 353 g/mol. The Hall–Kier alpha value is -0.840. The lowest BCUT2D eigenvalue weighted by molar-refractivity contribution is 0.314. The predicted molar refractivity (Wildman–Crippen MR) is 89.7 cm³/mol. The predicted octanol–water partition coefficient (Wildman–Crippen LogP) is 4.63. The molecule has 1 heterocycles. The number of benzene rings is 1. The number of halogens is 1. The number of aryl methyl sites for hydroxylation is 1. The van der Waals surface area contributed by atoms with E-state index < -0.39 is 0 Å². The van der Waals surface area contributed by atoms with Crippen LogP contribution in [0.25, 0.3) is 0 Å². The van der Waals surface area contributed by atoms with Gasteiger partial charge in [0.2, 0.25) is 0 Å². The maximum atomic E-state index is 5.71. The molecule has 0 fully saturated rings. The van der Waals surface area contributed by atoms with Gasteiger partial charge in [0.25, 0.3) is 0 Å². The summed E-state index contributed by atoms with van der Waals surface area (Å²) in [6.07, 6.45) is 2.32. The SMILES string of the molecule is CCCc1ccc(OCCNCc2cc(Br)cs2)cc1. The molecule has 0 bridgehead atoms. The molecule has 0 aliphatic rings. The van der Waals surface area contributed by atoms with Gasteiger partial charge in [-0.3, -0.25) is 0 Å². The lowest BCUT2D eigenvalue weighted by atomic mass is 10.1. The number of ether oxygens (including phenoxy) is 1. The van der Waals surface area contributed by atoms with Crippen LogP contribution in [-0.2, 0) is 13.0 Å². The van der Waals surface area contributed by atoms with Crippen molar-refractivity contribution in [3.05, 3.63) is 50.6 Å². The Balaban J connectivity index is 1.63. The fourth-order valence-corrected chi connectivity index (χ4v) is 3.36. The molecular formula is C16H20BrNOS. The molecule has 0 aliphatic carbocycles. The Morgan fingerprint density at radius 1 is 1.25 bits per heavy atom. The summed E-state index contributed by atoms with van der Waals surface area (Å²) in [7, 11) is 0. The van der Waals surface area contributed by atoms with Crippen LogP contribution in [0.4, 0.5) is 0 Å². The van der Waals surface area contributed by atoms with Crippen LogP contribution in [-0.4, -0.2) is 13.2 Å². The van der Waals surface area contributed by atoms with E-state index in [1.165, 1.54) is 16.9 Å². The molecule has 0 saturated carbocycles. The molecule has 1 aromatic carbocycles. The fourth-order valence-electron chi connectivity index (χ4n) is 1.94. The smallest absolute Gasteiger partial charge is 0.119 e. The van der Waals surface area contributed by atoms with Crippen LogP contribution in [0.1, 0.15) is 23.8 Å². The van der Waals surface area contributed by atoms with Crippen LogP contribution in [0.15, 0.2) is 40.2 Å². The zero-order chi connectivity index (χ0) is 14.2. The molecule has 0 unspecified atom stereocenters. The van der Waals surface area contributed by atoms with E-state index in [4.69, 9.17) is 4.74 Å². The average molecular weight is 354 g/mol. The molecule has 0 saturated heterocycles. The van der Waals surface area contributed by atoms with Crippen LogP contribution < -0.4 is 10.1 Å². The Bertz CT molecular complexity index is 509. The quantitative estimate of drug-likeness (QED) is 0.698. The second-order valence-corrected chi connectivity index (χ2v) is 6.56. The summed E-state index contributed by atoms with van der Waals surface area (Å²) in [6, 6.07) is 10.6. The lowest BCUT2D eigenvalue weighted by Gasteiger charge is -2.07. The normalized spacial score (nSPS) is 10.7. The molecular weight excluding hydrogens is 334 g/mol. The van der Waals surface area contributed by atoms with E-state index in [9.17, 15) is 0 Å². The fraction of sp³-hybridized carbons (Fsp3) is 0.375. The van der Waals surface area contributed by atoms with Gasteiger partial charge in [-0.1, -0.05) is 25.5 Å². The van der Waals surface area contributed by atoms with Gasteiger partial charge in [-0.05, 0) is 46.1 Å². The molecule has 20 heavy (non-hydrogen) atoms. The number of hydrogen-bond acceptors (Lipinski definition) is 3. The van der Waals surface area contributed by atoms with Gasteiger partial charge in [-0.15, -0.1) is 11.3 Å². The van der Waals surface area contributed by atoms with Crippen LogP contribution >= 0.6 is 27.3 Å². The topological polar surface area (TPSA) is 21.3 Å². The van der Waals surface area contributed by atoms with Crippen molar-refractivity contribution in [2.75, 3.05) is 13.2 Å². The van der Waals surface area contributed by atoms with Crippen molar-refractivity contribution in [1.82, 2.24) is 5.32 Å². The highest BCUT2D eigenvalue weighted by atomic mass is 79.9. The van der Waals surface area contributed by atoms with Gasteiger partial charge < -0.3 is 10.1 Å². The highest BCUT2D eigenvalue weighted by molar-refractivity contribution is 9.10. The first-order valence-corrected chi connectivity index (χ1v) is 8.60. The summed E-state index contributed by atoms with van der Waals surface area (Å²) < 4.78 is 6.87. The molecule has 0 aliphatic heterocycles. The first-order valence-electron chi connectivity index (χ1n) is 6.93. The second kappa shape index (κ2) is 8.45. The lowest BCUT2D eigenvalue weighted by Crippen LogP contribution is -2.20. The highest BCUT2D eigenvalue weighted by Crippen LogP contribution is 2.19. The summed E-state index contributed by atoms with van der Waals surface area (Å²) in [6.45, 7) is 4.64. The summed E-state index contributed by atoms with van der Waals surface area (Å²) in [5.74, 6) is 0.950. The maximum absolute atomic E-state index is 5.71. The van der Waals surface area contributed by atoms with Gasteiger partial charge in [0.1, 0.15) is 12.4 Å². The van der Waals surface area contributed by atoms with Gasteiger partial charge in [0.15, 0.2) is 0 Å². The van der Waals surface area contributed by atoms with Crippen LogP contribution in [0, 0.1) is 0 Å². The van der Waals surface area contributed by atoms with E-state index in [-0.39, 0.29) is 0 Å². The van der Waals surface area contributed by atoms with Gasteiger partial charge in [-0.25, -0.2) is 0 Å². The minimum atomic E-state index is 0.694. The zero-order valence-corrected chi connectivity index (χ0v) is 14.1. The third-order valence-electron chi connectivity index (χ3n) is 2.93. The van der Waals surface area contributed by atoms with Crippen LogP contribution in [0.5, 0.6) is 5.75 Å². The zero-order valence-electron chi connectivity index (χ0n) is 11.7. The van der Waals surface area contributed by atoms with Gasteiger partial charge in [0.05, 0.1) is 0 Å². The molecule has 1 aromatic heterocycles.